The number of rotatable bonds is 1. The number of aldehydes is 1. The highest BCUT2D eigenvalue weighted by Crippen LogP contribution is 2.27. The van der Waals surface area contributed by atoms with Crippen molar-refractivity contribution in [2.75, 3.05) is 0 Å². The van der Waals surface area contributed by atoms with Crippen LogP contribution in [0.1, 0.15) is 31.1 Å². The molecule has 0 atom stereocenters. The molecule has 0 fully saturated rings. The molecule has 2 rings (SSSR count). The van der Waals surface area contributed by atoms with E-state index in [1.807, 2.05) is 22.6 Å². The molecule has 1 aromatic carbocycles. The molecule has 0 unspecified atom stereocenters. The molecule has 1 aromatic heterocycles. The van der Waals surface area contributed by atoms with Gasteiger partial charge in [-0.1, -0.05) is 11.6 Å². The van der Waals surface area contributed by atoms with Crippen LogP contribution in [-0.4, -0.2) is 27.8 Å². The first-order chi connectivity index (χ1) is 9.23. The fraction of sp³-hybridized carbons (Fsp3) is 0.308. The molecule has 0 amide bonds. The van der Waals surface area contributed by atoms with Crippen LogP contribution in [-0.2, 0) is 4.74 Å². The summed E-state index contributed by atoms with van der Waals surface area (Å²) >= 11 is 7.99. The zero-order chi connectivity index (χ0) is 15.1. The van der Waals surface area contributed by atoms with Crippen molar-refractivity contribution in [2.45, 2.75) is 26.4 Å². The second-order valence-corrected chi connectivity index (χ2v) is 6.62. The fourth-order valence-electron chi connectivity index (χ4n) is 1.65. The SMILES string of the molecule is CC(C)(C)OC(=O)n1nc(I)c2cc(Cl)c(C=O)cc21. The molecule has 0 spiro atoms. The second kappa shape index (κ2) is 5.33. The quantitative estimate of drug-likeness (QED) is 0.532. The van der Waals surface area contributed by atoms with Gasteiger partial charge in [-0.2, -0.15) is 9.78 Å². The minimum atomic E-state index is -0.624. The van der Waals surface area contributed by atoms with E-state index in [2.05, 4.69) is 5.10 Å². The van der Waals surface area contributed by atoms with Gasteiger partial charge >= 0.3 is 6.09 Å². The van der Waals surface area contributed by atoms with Crippen molar-refractivity contribution < 1.29 is 14.3 Å². The van der Waals surface area contributed by atoms with Gasteiger partial charge in [-0.15, -0.1) is 0 Å². The molecular formula is C13H12ClIN2O3. The zero-order valence-electron chi connectivity index (χ0n) is 11.1. The summed E-state index contributed by atoms with van der Waals surface area (Å²) in [7, 11) is 0. The lowest BCUT2D eigenvalue weighted by Gasteiger charge is -2.19. The Hall–Kier alpha value is -1.15. The summed E-state index contributed by atoms with van der Waals surface area (Å²) in [5.41, 5.74) is 0.177. The number of halogens is 2. The lowest BCUT2D eigenvalue weighted by molar-refractivity contribution is 0.0522. The molecule has 0 bridgehead atoms. The summed E-state index contributed by atoms with van der Waals surface area (Å²) in [6.07, 6.45) is 0.0470. The first kappa shape index (κ1) is 15.2. The van der Waals surface area contributed by atoms with E-state index < -0.39 is 11.7 Å². The number of hydrogen-bond donors (Lipinski definition) is 0. The van der Waals surface area contributed by atoms with Gasteiger partial charge in [-0.25, -0.2) is 4.79 Å². The van der Waals surface area contributed by atoms with Crippen LogP contribution in [0.3, 0.4) is 0 Å². The maximum absolute atomic E-state index is 12.1. The molecule has 20 heavy (non-hydrogen) atoms. The Kier molecular flexibility index (Phi) is 4.06. The smallest absolute Gasteiger partial charge is 0.435 e. The third-order valence-electron chi connectivity index (χ3n) is 2.45. The van der Waals surface area contributed by atoms with E-state index in [4.69, 9.17) is 16.3 Å². The highest BCUT2D eigenvalue weighted by Gasteiger charge is 2.22. The average molecular weight is 407 g/mol. The van der Waals surface area contributed by atoms with Crippen molar-refractivity contribution in [3.05, 3.63) is 26.4 Å². The number of benzene rings is 1. The molecule has 1 heterocycles. The molecule has 0 N–H and O–H groups in total. The Balaban J connectivity index is 2.60. The molecule has 0 aliphatic heterocycles. The Bertz CT molecular complexity index is 704. The van der Waals surface area contributed by atoms with Gasteiger partial charge in [-0.05, 0) is 55.5 Å². The number of hydrogen-bond acceptors (Lipinski definition) is 4. The van der Waals surface area contributed by atoms with E-state index in [1.165, 1.54) is 6.07 Å². The van der Waals surface area contributed by atoms with Gasteiger partial charge in [-0.3, -0.25) is 4.79 Å². The van der Waals surface area contributed by atoms with Gasteiger partial charge < -0.3 is 4.74 Å². The van der Waals surface area contributed by atoms with E-state index in [0.717, 1.165) is 4.68 Å². The third kappa shape index (κ3) is 2.95. The highest BCUT2D eigenvalue weighted by atomic mass is 127. The maximum Gasteiger partial charge on any atom is 0.435 e. The molecule has 0 aliphatic carbocycles. The molecule has 106 valence electrons. The van der Waals surface area contributed by atoms with Crippen molar-refractivity contribution in [3.8, 4) is 0 Å². The van der Waals surface area contributed by atoms with Gasteiger partial charge in [0, 0.05) is 10.9 Å². The fourth-order valence-corrected chi connectivity index (χ4v) is 2.50. The van der Waals surface area contributed by atoms with Crippen LogP contribution in [0.2, 0.25) is 5.02 Å². The minimum absolute atomic E-state index is 0.306. The van der Waals surface area contributed by atoms with Crippen molar-refractivity contribution in [1.82, 2.24) is 9.78 Å². The zero-order valence-corrected chi connectivity index (χ0v) is 14.0. The highest BCUT2D eigenvalue weighted by molar-refractivity contribution is 14.1. The van der Waals surface area contributed by atoms with Crippen molar-refractivity contribution >= 4 is 57.5 Å². The number of carbonyl (C=O) groups is 2. The Labute approximate surface area is 134 Å². The van der Waals surface area contributed by atoms with Crippen LogP contribution in [0.25, 0.3) is 10.9 Å². The summed E-state index contributed by atoms with van der Waals surface area (Å²) in [5, 5.41) is 5.17. The standard InChI is InChI=1S/C13H12ClIN2O3/c1-13(2,3)20-12(19)17-10-4-7(6-18)9(14)5-8(10)11(15)16-17/h4-6H,1-3H3. The first-order valence-corrected chi connectivity index (χ1v) is 7.25. The van der Waals surface area contributed by atoms with Crippen LogP contribution >= 0.6 is 34.2 Å². The molecule has 0 saturated heterocycles. The van der Waals surface area contributed by atoms with Gasteiger partial charge in [0.1, 0.15) is 9.30 Å². The van der Waals surface area contributed by atoms with Crippen molar-refractivity contribution in [1.29, 1.82) is 0 Å². The molecule has 0 saturated carbocycles. The average Bonchev–Trinajstić information content (AvgIpc) is 2.63. The van der Waals surface area contributed by atoms with Crippen LogP contribution < -0.4 is 0 Å². The Morgan fingerprint density at radius 3 is 2.65 bits per heavy atom. The van der Waals surface area contributed by atoms with Crippen molar-refractivity contribution in [3.63, 3.8) is 0 Å². The van der Waals surface area contributed by atoms with Crippen LogP contribution in [0.5, 0.6) is 0 Å². The summed E-state index contributed by atoms with van der Waals surface area (Å²) in [4.78, 5) is 23.1. The first-order valence-electron chi connectivity index (χ1n) is 5.79. The largest absolute Gasteiger partial charge is 0.442 e. The van der Waals surface area contributed by atoms with E-state index in [1.54, 1.807) is 26.8 Å². The summed E-state index contributed by atoms with van der Waals surface area (Å²) in [6.45, 7) is 5.32. The molecule has 7 heteroatoms. The maximum atomic E-state index is 12.1. The monoisotopic (exact) mass is 406 g/mol. The summed E-state index contributed by atoms with van der Waals surface area (Å²) in [5.74, 6) is 0. The Morgan fingerprint density at radius 1 is 1.45 bits per heavy atom. The second-order valence-electron chi connectivity index (χ2n) is 5.19. The number of aromatic nitrogens is 2. The molecule has 0 radical (unpaired) electrons. The van der Waals surface area contributed by atoms with Crippen LogP contribution in [0, 0.1) is 3.70 Å². The predicted octanol–water partition coefficient (Wildman–Crippen LogP) is 3.89. The minimum Gasteiger partial charge on any atom is -0.442 e. The third-order valence-corrected chi connectivity index (χ3v) is 3.57. The molecule has 5 nitrogen and oxygen atoms in total. The molecule has 2 aromatic rings. The van der Waals surface area contributed by atoms with Crippen molar-refractivity contribution in [2.24, 2.45) is 0 Å². The number of carbonyl (C=O) groups excluding carboxylic acids is 2. The van der Waals surface area contributed by atoms with Gasteiger partial charge in [0.25, 0.3) is 0 Å². The normalized spacial score (nSPS) is 11.7. The topological polar surface area (TPSA) is 61.2 Å². The Morgan fingerprint density at radius 2 is 2.10 bits per heavy atom. The lowest BCUT2D eigenvalue weighted by Crippen LogP contribution is -2.27. The van der Waals surface area contributed by atoms with Gasteiger partial charge in [0.2, 0.25) is 0 Å². The number of fused-ring (bicyclic) bond motifs is 1. The molecule has 0 aliphatic rings. The van der Waals surface area contributed by atoms with E-state index in [9.17, 15) is 9.59 Å². The lowest BCUT2D eigenvalue weighted by atomic mass is 10.2. The van der Waals surface area contributed by atoms with E-state index >= 15 is 0 Å². The van der Waals surface area contributed by atoms with E-state index in [-0.39, 0.29) is 0 Å². The molecular weight excluding hydrogens is 395 g/mol. The number of ether oxygens (including phenoxy) is 1. The van der Waals surface area contributed by atoms with Crippen LogP contribution in [0.4, 0.5) is 4.79 Å². The van der Waals surface area contributed by atoms with Gasteiger partial charge in [0.05, 0.1) is 10.5 Å². The van der Waals surface area contributed by atoms with Gasteiger partial charge in [0.15, 0.2) is 6.29 Å². The predicted molar refractivity (Wildman–Crippen MR) is 84.5 cm³/mol. The summed E-state index contributed by atoms with van der Waals surface area (Å²) < 4.78 is 7.04. The van der Waals surface area contributed by atoms with E-state index in [0.29, 0.717) is 31.5 Å². The summed E-state index contributed by atoms with van der Waals surface area (Å²) in [6, 6.07) is 3.15. The van der Waals surface area contributed by atoms with Crippen LogP contribution in [0.15, 0.2) is 12.1 Å². The number of nitrogens with zero attached hydrogens (tertiary/aromatic N) is 2.